The minimum atomic E-state index is -0.627. The molecule has 0 aliphatic rings. The minimum Gasteiger partial charge on any atom is -0.388 e. The summed E-state index contributed by atoms with van der Waals surface area (Å²) in [5.74, 6) is -0.320. The second-order valence-corrected chi connectivity index (χ2v) is 5.45. The molecular weight excluding hydrogens is 270 g/mol. The summed E-state index contributed by atoms with van der Waals surface area (Å²) in [7, 11) is 0. The third kappa shape index (κ3) is 3.00. The van der Waals surface area contributed by atoms with Crippen LogP contribution in [-0.2, 0) is 0 Å². The molecule has 0 radical (unpaired) electrons. The molecule has 3 aromatic carbocycles. The van der Waals surface area contributed by atoms with Crippen LogP contribution in [0.15, 0.2) is 72.8 Å². The molecule has 0 spiro atoms. The van der Waals surface area contributed by atoms with E-state index in [1.54, 1.807) is 0 Å². The minimum absolute atomic E-state index is 0.320. The lowest BCUT2D eigenvalue weighted by Gasteiger charge is -2.16. The molecule has 0 aromatic heterocycles. The van der Waals surface area contributed by atoms with Crippen molar-refractivity contribution in [2.45, 2.75) is 18.4 Å². The van der Waals surface area contributed by atoms with Gasteiger partial charge in [-0.15, -0.1) is 0 Å². The number of rotatable bonds is 4. The summed E-state index contributed by atoms with van der Waals surface area (Å²) in [6.07, 6.45) is -0.226. The van der Waals surface area contributed by atoms with E-state index in [0.29, 0.717) is 6.42 Å². The molecule has 108 valence electrons. The number of benzene rings is 3. The number of aliphatic hydroxyl groups excluding tert-OH is 1. The molecule has 0 heterocycles. The molecule has 0 aliphatic heterocycles. The van der Waals surface area contributed by atoms with Gasteiger partial charge in [0.25, 0.3) is 0 Å². The quantitative estimate of drug-likeness (QED) is 0.763. The van der Waals surface area contributed by atoms with Gasteiger partial charge in [0.2, 0.25) is 0 Å². The van der Waals surface area contributed by atoms with Gasteiger partial charge in [0.15, 0.2) is 0 Å². The molecule has 3 rings (SSSR count). The van der Waals surface area contributed by atoms with Crippen LogP contribution >= 0.6 is 0 Å². The van der Waals surface area contributed by atoms with Crippen molar-refractivity contribution in [3.8, 4) is 6.07 Å². The maximum Gasteiger partial charge on any atom is 0.0805 e. The van der Waals surface area contributed by atoms with Crippen molar-refractivity contribution in [2.75, 3.05) is 0 Å². The van der Waals surface area contributed by atoms with E-state index in [0.717, 1.165) is 21.9 Å². The van der Waals surface area contributed by atoms with Crippen LogP contribution in [0.2, 0.25) is 0 Å². The Morgan fingerprint density at radius 1 is 0.818 bits per heavy atom. The molecular formula is C20H17NO. The molecule has 3 aromatic rings. The maximum absolute atomic E-state index is 10.3. The van der Waals surface area contributed by atoms with Crippen molar-refractivity contribution in [3.05, 3.63) is 83.9 Å². The smallest absolute Gasteiger partial charge is 0.0805 e. The van der Waals surface area contributed by atoms with Crippen LogP contribution in [-0.4, -0.2) is 5.11 Å². The van der Waals surface area contributed by atoms with E-state index >= 15 is 0 Å². The van der Waals surface area contributed by atoms with E-state index in [1.165, 1.54) is 0 Å². The Morgan fingerprint density at radius 2 is 1.50 bits per heavy atom. The lowest BCUT2D eigenvalue weighted by molar-refractivity contribution is 0.163. The lowest BCUT2D eigenvalue weighted by Crippen LogP contribution is -2.05. The lowest BCUT2D eigenvalue weighted by atomic mass is 9.90. The third-order valence-corrected chi connectivity index (χ3v) is 3.98. The number of nitrogens with zero attached hydrogens (tertiary/aromatic N) is 1. The van der Waals surface area contributed by atoms with Gasteiger partial charge in [-0.25, -0.2) is 0 Å². The number of hydrogen-bond acceptors (Lipinski definition) is 2. The molecule has 2 nitrogen and oxygen atoms in total. The van der Waals surface area contributed by atoms with Gasteiger partial charge in [-0.1, -0.05) is 66.7 Å². The van der Waals surface area contributed by atoms with Crippen molar-refractivity contribution >= 4 is 10.8 Å². The van der Waals surface area contributed by atoms with Crippen molar-refractivity contribution in [2.24, 2.45) is 0 Å². The summed E-state index contributed by atoms with van der Waals surface area (Å²) >= 11 is 0. The summed E-state index contributed by atoms with van der Waals surface area (Å²) < 4.78 is 0. The zero-order valence-corrected chi connectivity index (χ0v) is 12.2. The van der Waals surface area contributed by atoms with Gasteiger partial charge in [0, 0.05) is 0 Å². The van der Waals surface area contributed by atoms with Gasteiger partial charge in [0.05, 0.1) is 18.1 Å². The Kier molecular flexibility index (Phi) is 4.18. The average Bonchev–Trinajstić information content (AvgIpc) is 2.59. The molecule has 0 saturated heterocycles. The first kappa shape index (κ1) is 14.3. The molecule has 0 unspecified atom stereocenters. The summed E-state index contributed by atoms with van der Waals surface area (Å²) in [6.45, 7) is 0. The molecule has 2 heteroatoms. The van der Waals surface area contributed by atoms with E-state index in [-0.39, 0.29) is 5.92 Å². The van der Waals surface area contributed by atoms with E-state index < -0.39 is 6.10 Å². The number of fused-ring (bicyclic) bond motifs is 1. The van der Waals surface area contributed by atoms with E-state index in [9.17, 15) is 10.4 Å². The van der Waals surface area contributed by atoms with Gasteiger partial charge in [-0.05, 0) is 34.4 Å². The number of hydrogen-bond donors (Lipinski definition) is 1. The molecule has 0 saturated carbocycles. The standard InChI is InChI=1S/C20H17NO/c21-14-19(13-20(22)16-7-2-1-3-8-16)18-11-10-15-6-4-5-9-17(15)12-18/h1-12,19-20,22H,13H2/t19-,20-/m0/s1. The molecule has 2 atom stereocenters. The first-order valence-corrected chi connectivity index (χ1v) is 7.39. The highest BCUT2D eigenvalue weighted by Gasteiger charge is 2.17. The van der Waals surface area contributed by atoms with Crippen molar-refractivity contribution in [1.82, 2.24) is 0 Å². The van der Waals surface area contributed by atoms with Gasteiger partial charge < -0.3 is 5.11 Å². The Balaban J connectivity index is 1.85. The fraction of sp³-hybridized carbons (Fsp3) is 0.150. The Bertz CT molecular complexity index is 805. The average molecular weight is 287 g/mol. The highest BCUT2D eigenvalue weighted by molar-refractivity contribution is 5.83. The van der Waals surface area contributed by atoms with Gasteiger partial charge in [0.1, 0.15) is 0 Å². The van der Waals surface area contributed by atoms with Crippen molar-refractivity contribution < 1.29 is 5.11 Å². The summed E-state index contributed by atoms with van der Waals surface area (Å²) in [5.41, 5.74) is 1.81. The maximum atomic E-state index is 10.3. The second kappa shape index (κ2) is 6.43. The summed E-state index contributed by atoms with van der Waals surface area (Å²) in [5, 5.41) is 22.1. The van der Waals surface area contributed by atoms with Gasteiger partial charge >= 0.3 is 0 Å². The van der Waals surface area contributed by atoms with Gasteiger partial charge in [-0.2, -0.15) is 5.26 Å². The van der Waals surface area contributed by atoms with E-state index in [4.69, 9.17) is 0 Å². The molecule has 0 bridgehead atoms. The number of nitriles is 1. The van der Waals surface area contributed by atoms with Crippen LogP contribution < -0.4 is 0 Å². The van der Waals surface area contributed by atoms with Gasteiger partial charge in [-0.3, -0.25) is 0 Å². The largest absolute Gasteiger partial charge is 0.388 e. The van der Waals surface area contributed by atoms with Crippen LogP contribution in [0.25, 0.3) is 10.8 Å². The fourth-order valence-electron chi connectivity index (χ4n) is 2.72. The predicted octanol–water partition coefficient (Wildman–Crippen LogP) is 4.57. The monoisotopic (exact) mass is 287 g/mol. The SMILES string of the molecule is N#C[C@H](C[C@H](O)c1ccccc1)c1ccc2ccccc2c1. The Hall–Kier alpha value is -2.63. The van der Waals surface area contributed by atoms with Crippen LogP contribution in [0.4, 0.5) is 0 Å². The van der Waals surface area contributed by atoms with E-state index in [2.05, 4.69) is 12.1 Å². The highest BCUT2D eigenvalue weighted by Crippen LogP contribution is 2.29. The van der Waals surface area contributed by atoms with E-state index in [1.807, 2.05) is 66.7 Å². The fourth-order valence-corrected chi connectivity index (χ4v) is 2.72. The third-order valence-electron chi connectivity index (χ3n) is 3.98. The first-order valence-electron chi connectivity index (χ1n) is 7.39. The molecule has 22 heavy (non-hydrogen) atoms. The molecule has 0 fully saturated rings. The van der Waals surface area contributed by atoms with Crippen LogP contribution in [0.1, 0.15) is 29.6 Å². The van der Waals surface area contributed by atoms with Crippen molar-refractivity contribution in [1.29, 1.82) is 5.26 Å². The zero-order chi connectivity index (χ0) is 15.4. The Labute approximate surface area is 130 Å². The zero-order valence-electron chi connectivity index (χ0n) is 12.2. The Morgan fingerprint density at radius 3 is 2.23 bits per heavy atom. The molecule has 0 aliphatic carbocycles. The van der Waals surface area contributed by atoms with Crippen LogP contribution in [0.3, 0.4) is 0 Å². The highest BCUT2D eigenvalue weighted by atomic mass is 16.3. The van der Waals surface area contributed by atoms with Crippen molar-refractivity contribution in [3.63, 3.8) is 0 Å². The normalized spacial score (nSPS) is 13.5. The predicted molar refractivity (Wildman–Crippen MR) is 88.3 cm³/mol. The topological polar surface area (TPSA) is 44.0 Å². The second-order valence-electron chi connectivity index (χ2n) is 5.45. The first-order chi connectivity index (χ1) is 10.8. The summed E-state index contributed by atoms with van der Waals surface area (Å²) in [4.78, 5) is 0. The molecule has 1 N–H and O–H groups in total. The summed E-state index contributed by atoms with van der Waals surface area (Å²) in [6, 6.07) is 26.0. The number of aliphatic hydroxyl groups is 1. The van der Waals surface area contributed by atoms with Crippen LogP contribution in [0.5, 0.6) is 0 Å². The van der Waals surface area contributed by atoms with Crippen LogP contribution in [0, 0.1) is 11.3 Å². The molecule has 0 amide bonds.